The van der Waals surface area contributed by atoms with Gasteiger partial charge in [-0.3, -0.25) is 4.79 Å². The third-order valence-electron chi connectivity index (χ3n) is 3.55. The van der Waals surface area contributed by atoms with Crippen molar-refractivity contribution >= 4 is 15.9 Å². The van der Waals surface area contributed by atoms with E-state index in [2.05, 4.69) is 27.0 Å². The Morgan fingerprint density at radius 2 is 2.05 bits per heavy atom. The molecule has 3 N–H and O–H groups in total. The Bertz CT molecular complexity index is 876. The normalized spacial score (nSPS) is 16.7. The molecule has 22 heavy (non-hydrogen) atoms. The Hall–Kier alpha value is -2.52. The van der Waals surface area contributed by atoms with E-state index < -0.39 is 5.92 Å². The van der Waals surface area contributed by atoms with Gasteiger partial charge >= 0.3 is 0 Å². The Morgan fingerprint density at radius 1 is 1.36 bits per heavy atom. The van der Waals surface area contributed by atoms with Gasteiger partial charge in [-0.1, -0.05) is 28.1 Å². The summed E-state index contributed by atoms with van der Waals surface area (Å²) in [5, 5.41) is 9.43. The Kier molecular flexibility index (Phi) is 3.51. The summed E-state index contributed by atoms with van der Waals surface area (Å²) in [5.41, 5.74) is 7.72. The molecule has 1 aliphatic heterocycles. The average Bonchev–Trinajstić information content (AvgIpc) is 2.46. The number of benzene rings is 1. The smallest absolute Gasteiger partial charge is 0.256 e. The molecule has 5 nitrogen and oxygen atoms in total. The molecule has 1 aliphatic rings. The summed E-state index contributed by atoms with van der Waals surface area (Å²) in [6, 6.07) is 11.2. The zero-order valence-corrected chi connectivity index (χ0v) is 13.3. The summed E-state index contributed by atoms with van der Waals surface area (Å²) >= 11 is 3.37. The van der Waals surface area contributed by atoms with E-state index in [1.165, 1.54) is 0 Å². The van der Waals surface area contributed by atoms with Gasteiger partial charge in [-0.25, -0.2) is 0 Å². The van der Waals surface area contributed by atoms with Crippen molar-refractivity contribution in [2.75, 3.05) is 0 Å². The molecule has 0 bridgehead atoms. The lowest BCUT2D eigenvalue weighted by Gasteiger charge is -2.25. The first-order chi connectivity index (χ1) is 10.5. The standard InChI is InChI=1S/C16H12BrN3O2/c1-8-6-12-14(16(21)20-8)13(11(7-18)15(19)22-12)9-2-4-10(17)5-3-9/h2-6,13H,19H2,1H3,(H,20,21)/t13-/m0/s1. The molecule has 0 saturated carbocycles. The topological polar surface area (TPSA) is 91.9 Å². The number of hydrogen-bond acceptors (Lipinski definition) is 4. The molecule has 1 aromatic heterocycles. The third kappa shape index (κ3) is 2.30. The molecule has 0 radical (unpaired) electrons. The van der Waals surface area contributed by atoms with E-state index >= 15 is 0 Å². The van der Waals surface area contributed by atoms with E-state index in [1.807, 2.05) is 24.3 Å². The van der Waals surface area contributed by atoms with Crippen LogP contribution in [-0.4, -0.2) is 4.98 Å². The van der Waals surface area contributed by atoms with Crippen LogP contribution in [0.25, 0.3) is 0 Å². The summed E-state index contributed by atoms with van der Waals surface area (Å²) in [5.74, 6) is -0.107. The van der Waals surface area contributed by atoms with E-state index in [1.54, 1.807) is 13.0 Å². The number of pyridine rings is 1. The first-order valence-electron chi connectivity index (χ1n) is 6.58. The monoisotopic (exact) mass is 357 g/mol. The Labute approximate surface area is 135 Å². The number of aromatic amines is 1. The highest BCUT2D eigenvalue weighted by Crippen LogP contribution is 2.40. The number of nitriles is 1. The fourth-order valence-corrected chi connectivity index (χ4v) is 2.86. The predicted molar refractivity (Wildman–Crippen MR) is 85.2 cm³/mol. The maximum Gasteiger partial charge on any atom is 0.256 e. The number of H-pyrrole nitrogens is 1. The van der Waals surface area contributed by atoms with Crippen LogP contribution in [0.1, 0.15) is 22.7 Å². The van der Waals surface area contributed by atoms with Gasteiger partial charge in [0.15, 0.2) is 0 Å². The average molecular weight is 358 g/mol. The van der Waals surface area contributed by atoms with Crippen molar-refractivity contribution in [2.24, 2.45) is 5.73 Å². The lowest BCUT2D eigenvalue weighted by molar-refractivity contribution is 0.391. The van der Waals surface area contributed by atoms with Crippen LogP contribution in [0, 0.1) is 18.3 Å². The number of rotatable bonds is 1. The van der Waals surface area contributed by atoms with Gasteiger partial charge < -0.3 is 15.5 Å². The second kappa shape index (κ2) is 5.35. The highest BCUT2D eigenvalue weighted by atomic mass is 79.9. The van der Waals surface area contributed by atoms with Crippen molar-refractivity contribution in [3.8, 4) is 11.8 Å². The molecule has 0 spiro atoms. The molecule has 0 amide bonds. The number of allylic oxidation sites excluding steroid dienone is 1. The molecule has 3 rings (SSSR count). The fourth-order valence-electron chi connectivity index (χ4n) is 2.59. The number of aromatic nitrogens is 1. The number of nitrogens with one attached hydrogen (secondary N) is 1. The highest BCUT2D eigenvalue weighted by Gasteiger charge is 2.33. The summed E-state index contributed by atoms with van der Waals surface area (Å²) in [6.45, 7) is 1.76. The van der Waals surface area contributed by atoms with E-state index in [0.717, 1.165) is 10.0 Å². The van der Waals surface area contributed by atoms with E-state index in [0.29, 0.717) is 17.0 Å². The van der Waals surface area contributed by atoms with E-state index in [4.69, 9.17) is 10.5 Å². The zero-order chi connectivity index (χ0) is 15.9. The summed E-state index contributed by atoms with van der Waals surface area (Å²) in [6.07, 6.45) is 0. The summed E-state index contributed by atoms with van der Waals surface area (Å²) in [4.78, 5) is 15.1. The maximum absolute atomic E-state index is 12.4. The fraction of sp³-hybridized carbons (Fsp3) is 0.125. The van der Waals surface area contributed by atoms with Gasteiger partial charge in [0.05, 0.1) is 11.5 Å². The van der Waals surface area contributed by atoms with Crippen molar-refractivity contribution in [3.05, 3.63) is 73.4 Å². The van der Waals surface area contributed by atoms with Crippen molar-refractivity contribution in [1.29, 1.82) is 5.26 Å². The number of halogens is 1. The van der Waals surface area contributed by atoms with Crippen molar-refractivity contribution in [3.63, 3.8) is 0 Å². The quantitative estimate of drug-likeness (QED) is 0.820. The molecule has 0 fully saturated rings. The van der Waals surface area contributed by atoms with E-state index in [9.17, 15) is 10.1 Å². The van der Waals surface area contributed by atoms with Gasteiger partial charge in [0.25, 0.3) is 5.56 Å². The van der Waals surface area contributed by atoms with Crippen molar-refractivity contribution in [1.82, 2.24) is 4.98 Å². The number of aryl methyl sites for hydroxylation is 1. The molecule has 0 unspecified atom stereocenters. The van der Waals surface area contributed by atoms with Crippen LogP contribution in [0.3, 0.4) is 0 Å². The van der Waals surface area contributed by atoms with Crippen LogP contribution in [-0.2, 0) is 0 Å². The molecule has 0 aliphatic carbocycles. The number of hydrogen-bond donors (Lipinski definition) is 2. The van der Waals surface area contributed by atoms with Gasteiger partial charge in [-0.15, -0.1) is 0 Å². The molecular weight excluding hydrogens is 346 g/mol. The zero-order valence-electron chi connectivity index (χ0n) is 11.7. The van der Waals surface area contributed by atoms with Gasteiger partial charge in [0.1, 0.15) is 17.4 Å². The molecule has 6 heteroatoms. The van der Waals surface area contributed by atoms with Crippen LogP contribution >= 0.6 is 15.9 Å². The van der Waals surface area contributed by atoms with Crippen LogP contribution in [0.4, 0.5) is 0 Å². The minimum Gasteiger partial charge on any atom is -0.440 e. The maximum atomic E-state index is 12.4. The summed E-state index contributed by atoms with van der Waals surface area (Å²) in [7, 11) is 0. The minimum atomic E-state index is -0.536. The molecule has 110 valence electrons. The number of nitrogens with zero attached hydrogens (tertiary/aromatic N) is 1. The second-order valence-corrected chi connectivity index (χ2v) is 5.95. The largest absolute Gasteiger partial charge is 0.440 e. The van der Waals surface area contributed by atoms with Crippen LogP contribution in [0.5, 0.6) is 5.75 Å². The van der Waals surface area contributed by atoms with Gasteiger partial charge in [-0.2, -0.15) is 5.26 Å². The SMILES string of the molecule is Cc1cc2c(c(=O)[nH]1)[C@@H](c1ccc(Br)cc1)C(C#N)=C(N)O2. The third-order valence-corrected chi connectivity index (χ3v) is 4.08. The molecule has 0 saturated heterocycles. The highest BCUT2D eigenvalue weighted by molar-refractivity contribution is 9.10. The van der Waals surface area contributed by atoms with E-state index in [-0.39, 0.29) is 17.0 Å². The minimum absolute atomic E-state index is 0.0351. The lowest BCUT2D eigenvalue weighted by atomic mass is 9.84. The number of ether oxygens (including phenoxy) is 1. The van der Waals surface area contributed by atoms with Crippen LogP contribution < -0.4 is 16.0 Å². The van der Waals surface area contributed by atoms with Crippen LogP contribution in [0.15, 0.2) is 51.1 Å². The van der Waals surface area contributed by atoms with Gasteiger partial charge in [-0.05, 0) is 24.6 Å². The van der Waals surface area contributed by atoms with Gasteiger partial charge in [0, 0.05) is 16.2 Å². The Balaban J connectivity index is 2.29. The summed E-state index contributed by atoms with van der Waals surface area (Å²) < 4.78 is 6.39. The first kappa shape index (κ1) is 14.4. The molecule has 1 aromatic carbocycles. The first-order valence-corrected chi connectivity index (χ1v) is 7.37. The Morgan fingerprint density at radius 3 is 2.68 bits per heavy atom. The number of fused-ring (bicyclic) bond motifs is 1. The predicted octanol–water partition coefficient (Wildman–Crippen LogP) is 2.66. The van der Waals surface area contributed by atoms with Crippen molar-refractivity contribution < 1.29 is 4.74 Å². The van der Waals surface area contributed by atoms with Crippen LogP contribution in [0.2, 0.25) is 0 Å². The number of nitrogens with two attached hydrogens (primary N) is 1. The van der Waals surface area contributed by atoms with Crippen molar-refractivity contribution in [2.45, 2.75) is 12.8 Å². The van der Waals surface area contributed by atoms with Gasteiger partial charge in [0.2, 0.25) is 5.88 Å². The lowest BCUT2D eigenvalue weighted by Crippen LogP contribution is -2.27. The second-order valence-electron chi connectivity index (χ2n) is 5.04. The molecule has 2 heterocycles. The molecule has 2 aromatic rings. The molecule has 1 atom stereocenters. The molecular formula is C16H12BrN3O2.